The third-order valence-corrected chi connectivity index (χ3v) is 3.26. The quantitative estimate of drug-likeness (QED) is 0.904. The molecule has 0 saturated heterocycles. The molecule has 1 aliphatic heterocycles. The fourth-order valence-electron chi connectivity index (χ4n) is 2.19. The van der Waals surface area contributed by atoms with E-state index in [0.717, 1.165) is 22.6 Å². The van der Waals surface area contributed by atoms with Gasteiger partial charge in [-0.05, 0) is 36.8 Å². The summed E-state index contributed by atoms with van der Waals surface area (Å²) in [4.78, 5) is 20.3. The molecule has 0 atom stereocenters. The largest absolute Gasteiger partial charge is 0.366 e. The lowest BCUT2D eigenvalue weighted by Gasteiger charge is -2.14. The number of rotatable bonds is 4. The number of benzene rings is 1. The van der Waals surface area contributed by atoms with Gasteiger partial charge in [-0.2, -0.15) is 0 Å². The number of aryl methyl sites for hydroxylation is 1. The Morgan fingerprint density at radius 3 is 3.10 bits per heavy atom. The number of carbonyl (C=O) groups is 1. The Kier molecular flexibility index (Phi) is 3.91. The summed E-state index contributed by atoms with van der Waals surface area (Å²) in [6.07, 6.45) is 4.63. The van der Waals surface area contributed by atoms with Crippen LogP contribution < -0.4 is 10.6 Å². The molecular weight excluding hydrogens is 264 g/mol. The van der Waals surface area contributed by atoms with Crippen LogP contribution in [0, 0.1) is 0 Å². The molecule has 5 nitrogen and oxygen atoms in total. The number of fused-ring (bicyclic) bond motifs is 1. The van der Waals surface area contributed by atoms with Gasteiger partial charge in [-0.3, -0.25) is 14.8 Å². The number of anilines is 2. The van der Waals surface area contributed by atoms with Crippen LogP contribution in [0.5, 0.6) is 0 Å². The van der Waals surface area contributed by atoms with Crippen LogP contribution in [0.4, 0.5) is 11.4 Å². The van der Waals surface area contributed by atoms with Gasteiger partial charge in [-0.15, -0.1) is 0 Å². The molecule has 5 heteroatoms. The van der Waals surface area contributed by atoms with Crippen molar-refractivity contribution in [1.82, 2.24) is 4.98 Å². The van der Waals surface area contributed by atoms with Gasteiger partial charge < -0.3 is 10.6 Å². The topological polar surface area (TPSA) is 66.4 Å². The second-order valence-electron chi connectivity index (χ2n) is 4.82. The zero-order chi connectivity index (χ0) is 14.5. The second-order valence-corrected chi connectivity index (χ2v) is 4.82. The van der Waals surface area contributed by atoms with E-state index in [0.29, 0.717) is 19.5 Å². The molecule has 1 aromatic heterocycles. The summed E-state index contributed by atoms with van der Waals surface area (Å²) in [6.45, 7) is 0.573. The van der Waals surface area contributed by atoms with Crippen molar-refractivity contribution in [3.63, 3.8) is 0 Å². The molecule has 3 rings (SSSR count). The van der Waals surface area contributed by atoms with Gasteiger partial charge in [-0.25, -0.2) is 0 Å². The molecule has 2 aromatic rings. The standard InChI is InChI=1S/C16H16N4O/c21-16(7-6-13-3-1-2-8-18-13)20-14-5-4-12-10-17-11-19-15(12)9-14/h1-5,8-10,19H,6-7,11H2,(H,20,21). The molecule has 2 heterocycles. The lowest BCUT2D eigenvalue weighted by molar-refractivity contribution is -0.116. The van der Waals surface area contributed by atoms with Crippen molar-refractivity contribution in [2.24, 2.45) is 4.99 Å². The molecule has 106 valence electrons. The van der Waals surface area contributed by atoms with Crippen LogP contribution in [0.25, 0.3) is 0 Å². The van der Waals surface area contributed by atoms with Gasteiger partial charge in [-0.1, -0.05) is 6.07 Å². The summed E-state index contributed by atoms with van der Waals surface area (Å²) in [5.74, 6) is -0.00919. The summed E-state index contributed by atoms with van der Waals surface area (Å²) in [5, 5.41) is 6.09. The van der Waals surface area contributed by atoms with E-state index in [4.69, 9.17) is 0 Å². The first-order chi connectivity index (χ1) is 10.3. The first-order valence-electron chi connectivity index (χ1n) is 6.89. The number of nitrogens with zero attached hydrogens (tertiary/aromatic N) is 2. The highest BCUT2D eigenvalue weighted by molar-refractivity contribution is 5.94. The molecule has 2 N–H and O–H groups in total. The van der Waals surface area contributed by atoms with Gasteiger partial charge in [0.1, 0.15) is 6.67 Å². The smallest absolute Gasteiger partial charge is 0.224 e. The average molecular weight is 280 g/mol. The van der Waals surface area contributed by atoms with E-state index in [1.54, 1.807) is 6.20 Å². The minimum absolute atomic E-state index is 0.00919. The number of nitrogens with one attached hydrogen (secondary N) is 2. The summed E-state index contributed by atoms with van der Waals surface area (Å²) in [7, 11) is 0. The summed E-state index contributed by atoms with van der Waals surface area (Å²) in [5.41, 5.74) is 3.75. The van der Waals surface area contributed by atoms with E-state index < -0.39 is 0 Å². The molecule has 0 aliphatic carbocycles. The molecule has 21 heavy (non-hydrogen) atoms. The molecule has 1 aliphatic rings. The molecule has 0 saturated carbocycles. The molecular formula is C16H16N4O. The predicted molar refractivity (Wildman–Crippen MR) is 83.7 cm³/mol. The Morgan fingerprint density at radius 2 is 2.24 bits per heavy atom. The Bertz CT molecular complexity index is 667. The maximum absolute atomic E-state index is 12.0. The Morgan fingerprint density at radius 1 is 1.29 bits per heavy atom. The molecule has 1 aromatic carbocycles. The third-order valence-electron chi connectivity index (χ3n) is 3.26. The molecule has 1 amide bonds. The minimum Gasteiger partial charge on any atom is -0.366 e. The maximum Gasteiger partial charge on any atom is 0.224 e. The zero-order valence-corrected chi connectivity index (χ0v) is 11.5. The van der Waals surface area contributed by atoms with Gasteiger partial charge in [0, 0.05) is 41.5 Å². The van der Waals surface area contributed by atoms with Gasteiger partial charge in [0.05, 0.1) is 0 Å². The van der Waals surface area contributed by atoms with E-state index in [2.05, 4.69) is 20.6 Å². The predicted octanol–water partition coefficient (Wildman–Crippen LogP) is 2.45. The Labute approximate surface area is 123 Å². The molecule has 0 bridgehead atoms. The molecule has 0 unspecified atom stereocenters. The van der Waals surface area contributed by atoms with Crippen molar-refractivity contribution < 1.29 is 4.79 Å². The number of aromatic nitrogens is 1. The normalized spacial score (nSPS) is 12.4. The highest BCUT2D eigenvalue weighted by atomic mass is 16.1. The molecule has 0 spiro atoms. The van der Waals surface area contributed by atoms with Crippen molar-refractivity contribution in [2.75, 3.05) is 17.3 Å². The van der Waals surface area contributed by atoms with Crippen molar-refractivity contribution in [3.05, 3.63) is 53.9 Å². The number of amides is 1. The first-order valence-corrected chi connectivity index (χ1v) is 6.89. The Hall–Kier alpha value is -2.69. The number of hydrogen-bond donors (Lipinski definition) is 2. The fourth-order valence-corrected chi connectivity index (χ4v) is 2.19. The van der Waals surface area contributed by atoms with Crippen LogP contribution in [0.2, 0.25) is 0 Å². The average Bonchev–Trinajstić information content (AvgIpc) is 2.54. The van der Waals surface area contributed by atoms with Gasteiger partial charge in [0.25, 0.3) is 0 Å². The Balaban J connectivity index is 1.59. The van der Waals surface area contributed by atoms with Crippen molar-refractivity contribution >= 4 is 23.5 Å². The van der Waals surface area contributed by atoms with Crippen molar-refractivity contribution in [2.45, 2.75) is 12.8 Å². The van der Waals surface area contributed by atoms with Crippen LogP contribution in [-0.2, 0) is 11.2 Å². The number of carbonyl (C=O) groups excluding carboxylic acids is 1. The molecule has 0 fully saturated rings. The summed E-state index contributed by atoms with van der Waals surface area (Å²) in [6, 6.07) is 11.5. The van der Waals surface area contributed by atoms with Crippen LogP contribution in [0.1, 0.15) is 17.7 Å². The molecule has 0 radical (unpaired) electrons. The first kappa shape index (κ1) is 13.3. The van der Waals surface area contributed by atoms with Crippen molar-refractivity contribution in [1.29, 1.82) is 0 Å². The van der Waals surface area contributed by atoms with E-state index >= 15 is 0 Å². The van der Waals surface area contributed by atoms with Gasteiger partial charge in [0.2, 0.25) is 5.91 Å². The van der Waals surface area contributed by atoms with E-state index in [1.807, 2.05) is 42.6 Å². The van der Waals surface area contributed by atoms with Crippen LogP contribution in [0.3, 0.4) is 0 Å². The van der Waals surface area contributed by atoms with E-state index in [9.17, 15) is 4.79 Å². The van der Waals surface area contributed by atoms with Crippen LogP contribution >= 0.6 is 0 Å². The lowest BCUT2D eigenvalue weighted by atomic mass is 10.1. The van der Waals surface area contributed by atoms with Crippen LogP contribution in [-0.4, -0.2) is 23.8 Å². The number of hydrogen-bond acceptors (Lipinski definition) is 4. The summed E-state index contributed by atoms with van der Waals surface area (Å²) < 4.78 is 0. The third kappa shape index (κ3) is 3.45. The van der Waals surface area contributed by atoms with Crippen LogP contribution in [0.15, 0.2) is 47.6 Å². The number of aliphatic imine (C=N–C) groups is 1. The highest BCUT2D eigenvalue weighted by Crippen LogP contribution is 2.21. The van der Waals surface area contributed by atoms with Gasteiger partial charge in [0.15, 0.2) is 0 Å². The zero-order valence-electron chi connectivity index (χ0n) is 11.5. The van der Waals surface area contributed by atoms with E-state index in [-0.39, 0.29) is 5.91 Å². The maximum atomic E-state index is 12.0. The fraction of sp³-hybridized carbons (Fsp3) is 0.188. The number of pyridine rings is 1. The lowest BCUT2D eigenvalue weighted by Crippen LogP contribution is -2.14. The monoisotopic (exact) mass is 280 g/mol. The van der Waals surface area contributed by atoms with E-state index in [1.165, 1.54) is 0 Å². The minimum atomic E-state index is -0.00919. The summed E-state index contributed by atoms with van der Waals surface area (Å²) >= 11 is 0. The highest BCUT2D eigenvalue weighted by Gasteiger charge is 2.08. The van der Waals surface area contributed by atoms with Crippen molar-refractivity contribution in [3.8, 4) is 0 Å². The SMILES string of the molecule is O=C(CCc1ccccn1)Nc1ccc2c(c1)NCN=C2. The van der Waals surface area contributed by atoms with Gasteiger partial charge >= 0.3 is 0 Å². The second kappa shape index (κ2) is 6.17.